The molecule has 0 saturated heterocycles. The number of ether oxygens (including phenoxy) is 1. The molecule has 1 unspecified atom stereocenters. The average Bonchev–Trinajstić information content (AvgIpc) is 3.25. The van der Waals surface area contributed by atoms with Crippen molar-refractivity contribution in [2.45, 2.75) is 105 Å². The van der Waals surface area contributed by atoms with Gasteiger partial charge in [0.15, 0.2) is 0 Å². The molecule has 3 heteroatoms. The number of aryl methyl sites for hydroxylation is 1. The molecule has 0 N–H and O–H groups in total. The van der Waals surface area contributed by atoms with Crippen LogP contribution in [0, 0.1) is 6.92 Å². The molecule has 1 atom stereocenters. The van der Waals surface area contributed by atoms with Crippen LogP contribution >= 0.6 is 0 Å². The summed E-state index contributed by atoms with van der Waals surface area (Å²) in [6, 6.07) is 8.69. The molecule has 1 aromatic carbocycles. The summed E-state index contributed by atoms with van der Waals surface area (Å²) in [6.45, 7) is 17.9. The van der Waals surface area contributed by atoms with Crippen molar-refractivity contribution in [3.05, 3.63) is 100 Å². The van der Waals surface area contributed by atoms with Gasteiger partial charge in [-0.25, -0.2) is 0 Å². The van der Waals surface area contributed by atoms with Gasteiger partial charge in [0.25, 0.3) is 0 Å². The fourth-order valence-electron chi connectivity index (χ4n) is 5.80. The molecule has 1 aliphatic rings. The molecule has 3 rings (SSSR count). The van der Waals surface area contributed by atoms with Crippen molar-refractivity contribution in [2.24, 2.45) is 0 Å². The van der Waals surface area contributed by atoms with Crippen LogP contribution in [0.25, 0.3) is 6.08 Å². The summed E-state index contributed by atoms with van der Waals surface area (Å²) in [5.41, 5.74) is 10.7. The van der Waals surface area contributed by atoms with Crippen LogP contribution in [0.2, 0.25) is 0 Å². The minimum Gasteiger partial charge on any atom is -0.372 e. The minimum absolute atomic E-state index is 0.0779. The molecule has 1 heterocycles. The van der Waals surface area contributed by atoms with Gasteiger partial charge in [-0.15, -0.1) is 0 Å². The SMILES string of the molecule is C=C(CCc1c(C(OC)c2ccccc2C)c2c(n1CCCC)CCC=C2)N(CCCC)/C(C)=C/C=C\CC. The van der Waals surface area contributed by atoms with Gasteiger partial charge in [-0.2, -0.15) is 0 Å². The Morgan fingerprint density at radius 3 is 2.62 bits per heavy atom. The lowest BCUT2D eigenvalue weighted by Crippen LogP contribution is -2.23. The Morgan fingerprint density at radius 2 is 1.92 bits per heavy atom. The summed E-state index contributed by atoms with van der Waals surface area (Å²) in [5, 5.41) is 0. The van der Waals surface area contributed by atoms with Gasteiger partial charge in [-0.3, -0.25) is 0 Å². The number of hydrogen-bond acceptors (Lipinski definition) is 2. The highest BCUT2D eigenvalue weighted by atomic mass is 16.5. The Bertz CT molecular complexity index is 1160. The number of hydrogen-bond donors (Lipinski definition) is 0. The van der Waals surface area contributed by atoms with E-state index in [1.54, 1.807) is 0 Å². The number of allylic oxidation sites excluding steroid dienone is 6. The second-order valence-electron chi connectivity index (χ2n) is 10.9. The van der Waals surface area contributed by atoms with Crippen molar-refractivity contribution in [3.63, 3.8) is 0 Å². The third-order valence-electron chi connectivity index (χ3n) is 8.00. The largest absolute Gasteiger partial charge is 0.372 e. The molecular weight excluding hydrogens is 476 g/mol. The summed E-state index contributed by atoms with van der Waals surface area (Å²) in [7, 11) is 1.87. The van der Waals surface area contributed by atoms with E-state index in [-0.39, 0.29) is 6.10 Å². The summed E-state index contributed by atoms with van der Waals surface area (Å²) in [4.78, 5) is 2.44. The Balaban J connectivity index is 2.04. The van der Waals surface area contributed by atoms with E-state index >= 15 is 0 Å². The van der Waals surface area contributed by atoms with Gasteiger partial charge in [0.05, 0.1) is 0 Å². The van der Waals surface area contributed by atoms with Crippen molar-refractivity contribution < 1.29 is 4.74 Å². The molecule has 0 amide bonds. The maximum atomic E-state index is 6.33. The molecule has 39 heavy (non-hydrogen) atoms. The van der Waals surface area contributed by atoms with E-state index in [2.05, 4.69) is 105 Å². The van der Waals surface area contributed by atoms with E-state index in [9.17, 15) is 0 Å². The zero-order chi connectivity index (χ0) is 28.2. The first-order chi connectivity index (χ1) is 19.0. The molecular formula is C36H52N2O. The molecule has 0 bridgehead atoms. The fraction of sp³-hybridized carbons (Fsp3) is 0.500. The topological polar surface area (TPSA) is 17.4 Å². The van der Waals surface area contributed by atoms with E-state index in [1.807, 2.05) is 7.11 Å². The number of aromatic nitrogens is 1. The van der Waals surface area contributed by atoms with E-state index in [1.165, 1.54) is 64.3 Å². The second-order valence-corrected chi connectivity index (χ2v) is 10.9. The van der Waals surface area contributed by atoms with E-state index in [0.717, 1.165) is 51.6 Å². The third-order valence-corrected chi connectivity index (χ3v) is 8.00. The summed E-state index contributed by atoms with van der Waals surface area (Å²) >= 11 is 0. The first-order valence-corrected chi connectivity index (χ1v) is 15.3. The van der Waals surface area contributed by atoms with Crippen LogP contribution in [0.3, 0.4) is 0 Å². The first kappa shape index (κ1) is 30.8. The predicted molar refractivity (Wildman–Crippen MR) is 169 cm³/mol. The molecule has 0 aliphatic heterocycles. The van der Waals surface area contributed by atoms with Crippen molar-refractivity contribution in [1.29, 1.82) is 0 Å². The average molecular weight is 529 g/mol. The summed E-state index contributed by atoms with van der Waals surface area (Å²) < 4.78 is 8.98. The number of benzene rings is 1. The predicted octanol–water partition coefficient (Wildman–Crippen LogP) is 9.71. The van der Waals surface area contributed by atoms with Crippen molar-refractivity contribution >= 4 is 6.08 Å². The first-order valence-electron chi connectivity index (χ1n) is 15.3. The van der Waals surface area contributed by atoms with E-state index in [4.69, 9.17) is 4.74 Å². The number of unbranched alkanes of at least 4 members (excludes halogenated alkanes) is 2. The quantitative estimate of drug-likeness (QED) is 0.202. The van der Waals surface area contributed by atoms with Crippen LogP contribution in [0.5, 0.6) is 0 Å². The number of nitrogens with zero attached hydrogens (tertiary/aromatic N) is 2. The Kier molecular flexibility index (Phi) is 12.4. The lowest BCUT2D eigenvalue weighted by atomic mass is 9.91. The van der Waals surface area contributed by atoms with Crippen LogP contribution < -0.4 is 0 Å². The number of rotatable bonds is 16. The van der Waals surface area contributed by atoms with E-state index in [0.29, 0.717) is 0 Å². The van der Waals surface area contributed by atoms with Crippen molar-refractivity contribution in [1.82, 2.24) is 9.47 Å². The molecule has 0 fully saturated rings. The highest BCUT2D eigenvalue weighted by Crippen LogP contribution is 2.40. The van der Waals surface area contributed by atoms with Crippen LogP contribution in [-0.4, -0.2) is 23.1 Å². The molecule has 1 aliphatic carbocycles. The Labute approximate surface area is 239 Å². The molecule has 0 spiro atoms. The lowest BCUT2D eigenvalue weighted by molar-refractivity contribution is 0.135. The van der Waals surface area contributed by atoms with Crippen molar-refractivity contribution in [3.8, 4) is 0 Å². The van der Waals surface area contributed by atoms with Crippen LogP contribution in [0.4, 0.5) is 0 Å². The van der Waals surface area contributed by atoms with Gasteiger partial charge in [-0.05, 0) is 76.0 Å². The maximum absolute atomic E-state index is 6.33. The highest BCUT2D eigenvalue weighted by molar-refractivity contribution is 5.64. The van der Waals surface area contributed by atoms with Gasteiger partial charge in [-0.1, -0.05) is 88.8 Å². The van der Waals surface area contributed by atoms with E-state index < -0.39 is 0 Å². The molecule has 1 aromatic heterocycles. The second kappa shape index (κ2) is 15.7. The fourth-order valence-corrected chi connectivity index (χ4v) is 5.80. The number of methoxy groups -OCH3 is 1. The number of fused-ring (bicyclic) bond motifs is 1. The highest BCUT2D eigenvalue weighted by Gasteiger charge is 2.29. The maximum Gasteiger partial charge on any atom is 0.110 e. The Morgan fingerprint density at radius 1 is 1.15 bits per heavy atom. The molecule has 2 aromatic rings. The van der Waals surface area contributed by atoms with Gasteiger partial charge in [0.1, 0.15) is 6.10 Å². The van der Waals surface area contributed by atoms with Gasteiger partial charge < -0.3 is 14.2 Å². The normalized spacial score (nSPS) is 14.2. The zero-order valence-corrected chi connectivity index (χ0v) is 25.6. The van der Waals surface area contributed by atoms with Gasteiger partial charge in [0.2, 0.25) is 0 Å². The van der Waals surface area contributed by atoms with Gasteiger partial charge in [0, 0.05) is 54.1 Å². The van der Waals surface area contributed by atoms with Crippen molar-refractivity contribution in [2.75, 3.05) is 13.7 Å². The van der Waals surface area contributed by atoms with Gasteiger partial charge >= 0.3 is 0 Å². The van der Waals surface area contributed by atoms with Crippen LogP contribution in [0.15, 0.2) is 66.5 Å². The molecule has 3 nitrogen and oxygen atoms in total. The third kappa shape index (κ3) is 7.66. The Hall–Kier alpha value is -2.78. The molecule has 212 valence electrons. The zero-order valence-electron chi connectivity index (χ0n) is 25.6. The smallest absolute Gasteiger partial charge is 0.110 e. The molecule has 0 saturated carbocycles. The van der Waals surface area contributed by atoms with Crippen LogP contribution in [-0.2, 0) is 24.1 Å². The minimum atomic E-state index is -0.0779. The summed E-state index contributed by atoms with van der Waals surface area (Å²) in [5.74, 6) is 0. The summed E-state index contributed by atoms with van der Waals surface area (Å²) in [6.07, 6.45) is 21.1. The monoisotopic (exact) mass is 528 g/mol. The lowest BCUT2D eigenvalue weighted by Gasteiger charge is -2.28. The standard InChI is InChI=1S/C36H52N2O/c1-8-11-14-20-29(5)37(26-12-9-2)30(6)24-25-34-35(36(39-7)31-21-16-15-19-28(31)4)32-22-17-18-23-33(32)38(34)27-13-10-3/h11,14-17,19-22,36H,6,8-10,12-13,18,23-27H2,1-5,7H3/b14-11-,29-20+. The molecule has 0 radical (unpaired) electrons. The van der Waals surface area contributed by atoms with Crippen LogP contribution in [0.1, 0.15) is 112 Å².